The monoisotopic (exact) mass is 281 g/mol. The Hall–Kier alpha value is -2.36. The van der Waals surface area contributed by atoms with Gasteiger partial charge < -0.3 is 10.2 Å². The number of nitrogens with zero attached hydrogens (tertiary/aromatic N) is 2. The van der Waals surface area contributed by atoms with Crippen LogP contribution in [0.3, 0.4) is 0 Å². The highest BCUT2D eigenvalue weighted by Crippen LogP contribution is 2.25. The molecule has 1 aliphatic rings. The number of rotatable bonds is 3. The second kappa shape index (κ2) is 5.95. The molecule has 1 aromatic heterocycles. The molecule has 1 fully saturated rings. The second-order valence-electron chi connectivity index (χ2n) is 5.36. The van der Waals surface area contributed by atoms with E-state index in [-0.39, 0.29) is 5.91 Å². The molecular weight excluding hydrogens is 262 g/mol. The van der Waals surface area contributed by atoms with E-state index >= 15 is 0 Å². The number of hydrogen-bond donors (Lipinski definition) is 1. The van der Waals surface area contributed by atoms with Gasteiger partial charge >= 0.3 is 0 Å². The van der Waals surface area contributed by atoms with Crippen molar-refractivity contribution in [3.05, 3.63) is 53.9 Å². The van der Waals surface area contributed by atoms with E-state index in [1.807, 2.05) is 19.1 Å². The van der Waals surface area contributed by atoms with E-state index in [1.54, 1.807) is 18.3 Å². The van der Waals surface area contributed by atoms with E-state index < -0.39 is 0 Å². The van der Waals surface area contributed by atoms with Gasteiger partial charge in [0, 0.05) is 30.7 Å². The lowest BCUT2D eigenvalue weighted by atomic mass is 10.1. The normalized spacial score (nSPS) is 14.2. The average Bonchev–Trinajstić information content (AvgIpc) is 3.04. The summed E-state index contributed by atoms with van der Waals surface area (Å²) in [4.78, 5) is 18.6. The van der Waals surface area contributed by atoms with Crippen LogP contribution in [0.5, 0.6) is 0 Å². The fraction of sp³-hybridized carbons (Fsp3) is 0.294. The minimum absolute atomic E-state index is 0.173. The molecule has 2 heterocycles. The SMILES string of the molecule is Cc1cc(N2CCCC2)ccc1NC(=O)c1ccccn1. The van der Waals surface area contributed by atoms with Gasteiger partial charge in [-0.25, -0.2) is 0 Å². The van der Waals surface area contributed by atoms with Crippen LogP contribution >= 0.6 is 0 Å². The van der Waals surface area contributed by atoms with Gasteiger partial charge in [-0.1, -0.05) is 6.07 Å². The fourth-order valence-corrected chi connectivity index (χ4v) is 2.64. The molecule has 0 saturated carbocycles. The molecule has 0 atom stereocenters. The molecule has 108 valence electrons. The summed E-state index contributed by atoms with van der Waals surface area (Å²) in [5.74, 6) is -0.173. The van der Waals surface area contributed by atoms with Gasteiger partial charge in [-0.2, -0.15) is 0 Å². The molecule has 0 unspecified atom stereocenters. The van der Waals surface area contributed by atoms with E-state index in [2.05, 4.69) is 27.3 Å². The van der Waals surface area contributed by atoms with Crippen molar-refractivity contribution in [1.82, 2.24) is 4.98 Å². The number of carbonyl (C=O) groups excluding carboxylic acids is 1. The van der Waals surface area contributed by atoms with Crippen molar-refractivity contribution < 1.29 is 4.79 Å². The number of amides is 1. The first-order valence-corrected chi connectivity index (χ1v) is 7.32. The Morgan fingerprint density at radius 3 is 2.67 bits per heavy atom. The summed E-state index contributed by atoms with van der Waals surface area (Å²) in [5, 5.41) is 2.92. The number of hydrogen-bond acceptors (Lipinski definition) is 3. The zero-order chi connectivity index (χ0) is 14.7. The standard InChI is InChI=1S/C17H19N3O/c1-13-12-14(20-10-4-5-11-20)7-8-15(13)19-17(21)16-6-2-3-9-18-16/h2-3,6-9,12H,4-5,10-11H2,1H3,(H,19,21). The van der Waals surface area contributed by atoms with Gasteiger partial charge in [0.1, 0.15) is 5.69 Å². The molecule has 4 nitrogen and oxygen atoms in total. The Labute approximate surface area is 124 Å². The average molecular weight is 281 g/mol. The molecule has 0 spiro atoms. The van der Waals surface area contributed by atoms with Crippen molar-refractivity contribution in [2.45, 2.75) is 19.8 Å². The molecule has 1 amide bonds. The van der Waals surface area contributed by atoms with Gasteiger partial charge in [-0.15, -0.1) is 0 Å². The predicted octanol–water partition coefficient (Wildman–Crippen LogP) is 3.24. The lowest BCUT2D eigenvalue weighted by molar-refractivity contribution is 0.102. The summed E-state index contributed by atoms with van der Waals surface area (Å²) in [6, 6.07) is 11.5. The minimum atomic E-state index is -0.173. The predicted molar refractivity (Wildman–Crippen MR) is 84.8 cm³/mol. The van der Waals surface area contributed by atoms with Crippen LogP contribution in [0.25, 0.3) is 0 Å². The van der Waals surface area contributed by atoms with Crippen LogP contribution in [0.4, 0.5) is 11.4 Å². The Bertz CT molecular complexity index is 634. The summed E-state index contributed by atoms with van der Waals surface area (Å²) >= 11 is 0. The van der Waals surface area contributed by atoms with Gasteiger partial charge in [0.15, 0.2) is 0 Å². The summed E-state index contributed by atoms with van der Waals surface area (Å²) < 4.78 is 0. The van der Waals surface area contributed by atoms with E-state index in [1.165, 1.54) is 18.5 Å². The maximum atomic E-state index is 12.1. The lowest BCUT2D eigenvalue weighted by Crippen LogP contribution is -2.18. The van der Waals surface area contributed by atoms with Crippen molar-refractivity contribution in [3.63, 3.8) is 0 Å². The zero-order valence-electron chi connectivity index (χ0n) is 12.2. The molecule has 1 saturated heterocycles. The number of aromatic nitrogens is 1. The molecule has 1 N–H and O–H groups in total. The van der Waals surface area contributed by atoms with Gasteiger partial charge in [0.25, 0.3) is 5.91 Å². The van der Waals surface area contributed by atoms with E-state index in [4.69, 9.17) is 0 Å². The number of nitrogens with one attached hydrogen (secondary N) is 1. The van der Waals surface area contributed by atoms with Crippen LogP contribution < -0.4 is 10.2 Å². The highest BCUT2D eigenvalue weighted by molar-refractivity contribution is 6.03. The molecule has 4 heteroatoms. The van der Waals surface area contributed by atoms with Crippen LogP contribution in [0.1, 0.15) is 28.9 Å². The number of anilines is 2. The third-order valence-corrected chi connectivity index (χ3v) is 3.83. The molecule has 3 rings (SSSR count). The zero-order valence-corrected chi connectivity index (χ0v) is 12.2. The lowest BCUT2D eigenvalue weighted by Gasteiger charge is -2.19. The third kappa shape index (κ3) is 3.05. The van der Waals surface area contributed by atoms with Gasteiger partial charge in [0.2, 0.25) is 0 Å². The van der Waals surface area contributed by atoms with Crippen LogP contribution in [0.2, 0.25) is 0 Å². The number of benzene rings is 1. The summed E-state index contributed by atoms with van der Waals surface area (Å²) in [6.07, 6.45) is 4.15. The molecule has 21 heavy (non-hydrogen) atoms. The van der Waals surface area contributed by atoms with Crippen molar-refractivity contribution in [1.29, 1.82) is 0 Å². The largest absolute Gasteiger partial charge is 0.372 e. The van der Waals surface area contributed by atoms with Crippen molar-refractivity contribution in [2.24, 2.45) is 0 Å². The van der Waals surface area contributed by atoms with Crippen LogP contribution in [-0.4, -0.2) is 24.0 Å². The topological polar surface area (TPSA) is 45.2 Å². The molecular formula is C17H19N3O. The molecule has 0 radical (unpaired) electrons. The Morgan fingerprint density at radius 1 is 1.19 bits per heavy atom. The first-order chi connectivity index (χ1) is 10.2. The van der Waals surface area contributed by atoms with Gasteiger partial charge in [0.05, 0.1) is 0 Å². The highest BCUT2D eigenvalue weighted by atomic mass is 16.1. The first-order valence-electron chi connectivity index (χ1n) is 7.32. The molecule has 1 aromatic carbocycles. The van der Waals surface area contributed by atoms with Gasteiger partial charge in [-0.05, 0) is 55.7 Å². The van der Waals surface area contributed by atoms with Crippen LogP contribution in [0, 0.1) is 6.92 Å². The quantitative estimate of drug-likeness (QED) is 0.939. The molecule has 2 aromatic rings. The highest BCUT2D eigenvalue weighted by Gasteiger charge is 2.14. The minimum Gasteiger partial charge on any atom is -0.372 e. The van der Waals surface area contributed by atoms with E-state index in [0.29, 0.717) is 5.69 Å². The summed E-state index contributed by atoms with van der Waals surface area (Å²) in [6.45, 7) is 4.27. The van der Waals surface area contributed by atoms with Crippen molar-refractivity contribution in [3.8, 4) is 0 Å². The van der Waals surface area contributed by atoms with Crippen LogP contribution in [0.15, 0.2) is 42.6 Å². The maximum absolute atomic E-state index is 12.1. The fourth-order valence-electron chi connectivity index (χ4n) is 2.64. The second-order valence-corrected chi connectivity index (χ2v) is 5.36. The molecule has 0 bridgehead atoms. The van der Waals surface area contributed by atoms with E-state index in [0.717, 1.165) is 24.3 Å². The van der Waals surface area contributed by atoms with Crippen molar-refractivity contribution in [2.75, 3.05) is 23.3 Å². The Kier molecular flexibility index (Phi) is 3.86. The Morgan fingerprint density at radius 2 is 2.00 bits per heavy atom. The van der Waals surface area contributed by atoms with Crippen LogP contribution in [-0.2, 0) is 0 Å². The van der Waals surface area contributed by atoms with Crippen molar-refractivity contribution >= 4 is 17.3 Å². The number of aryl methyl sites for hydroxylation is 1. The first kappa shape index (κ1) is 13.6. The number of carbonyl (C=O) groups is 1. The smallest absolute Gasteiger partial charge is 0.274 e. The molecule has 1 aliphatic heterocycles. The summed E-state index contributed by atoms with van der Waals surface area (Å²) in [5.41, 5.74) is 3.58. The number of pyridine rings is 1. The summed E-state index contributed by atoms with van der Waals surface area (Å²) in [7, 11) is 0. The Balaban J connectivity index is 1.75. The third-order valence-electron chi connectivity index (χ3n) is 3.83. The van der Waals surface area contributed by atoms with Gasteiger partial charge in [-0.3, -0.25) is 9.78 Å². The molecule has 0 aliphatic carbocycles. The maximum Gasteiger partial charge on any atom is 0.274 e. The van der Waals surface area contributed by atoms with E-state index in [9.17, 15) is 4.79 Å².